The normalized spacial score (nSPS) is 13.4. The highest BCUT2D eigenvalue weighted by Gasteiger charge is 2.29. The first-order valence-electron chi connectivity index (χ1n) is 8.31. The number of hydrogen-bond donors (Lipinski definition) is 5. The third-order valence-corrected chi connectivity index (χ3v) is 4.41. The van der Waals surface area contributed by atoms with Crippen molar-refractivity contribution in [3.05, 3.63) is 36.0 Å². The molecule has 0 saturated heterocycles. The van der Waals surface area contributed by atoms with Crippen LogP contribution in [0.25, 0.3) is 10.9 Å². The maximum absolute atomic E-state index is 12.5. The smallest absolute Gasteiger partial charge is 0.326 e. The zero-order chi connectivity index (χ0) is 19.3. The van der Waals surface area contributed by atoms with E-state index < -0.39 is 24.0 Å². The van der Waals surface area contributed by atoms with Gasteiger partial charge in [0.05, 0.1) is 5.75 Å². The number of para-hydroxylation sites is 1. The molecule has 26 heavy (non-hydrogen) atoms. The second-order valence-corrected chi connectivity index (χ2v) is 6.73. The number of thiol groups is 1. The number of fused-ring (bicyclic) bond motifs is 1. The summed E-state index contributed by atoms with van der Waals surface area (Å²) in [7, 11) is 0. The van der Waals surface area contributed by atoms with Crippen molar-refractivity contribution in [2.75, 3.05) is 5.75 Å². The summed E-state index contributed by atoms with van der Waals surface area (Å²) < 4.78 is 0. The van der Waals surface area contributed by atoms with Crippen LogP contribution in [-0.2, 0) is 20.8 Å². The molecule has 0 aliphatic carbocycles. The van der Waals surface area contributed by atoms with Gasteiger partial charge in [-0.3, -0.25) is 9.59 Å². The van der Waals surface area contributed by atoms with Gasteiger partial charge in [0.1, 0.15) is 12.1 Å². The number of benzene rings is 1. The Morgan fingerprint density at radius 2 is 1.88 bits per heavy atom. The van der Waals surface area contributed by atoms with E-state index in [-0.39, 0.29) is 24.0 Å². The van der Waals surface area contributed by atoms with Crippen molar-refractivity contribution < 1.29 is 19.5 Å². The number of carboxylic acid groups (broad SMARTS) is 1. The minimum atomic E-state index is -1.13. The summed E-state index contributed by atoms with van der Waals surface area (Å²) in [5, 5.41) is 15.5. The van der Waals surface area contributed by atoms with Crippen LogP contribution < -0.4 is 10.6 Å². The highest BCUT2D eigenvalue weighted by Crippen LogP contribution is 2.19. The number of hydrogen-bond acceptors (Lipinski definition) is 4. The Morgan fingerprint density at radius 3 is 2.50 bits per heavy atom. The second kappa shape index (κ2) is 8.75. The molecular weight excluding hydrogens is 354 g/mol. The van der Waals surface area contributed by atoms with Crippen molar-refractivity contribution in [3.63, 3.8) is 0 Å². The molecule has 0 radical (unpaired) electrons. The van der Waals surface area contributed by atoms with Crippen LogP contribution in [0, 0.1) is 5.92 Å². The van der Waals surface area contributed by atoms with Gasteiger partial charge in [-0.2, -0.15) is 12.6 Å². The Morgan fingerprint density at radius 1 is 1.19 bits per heavy atom. The Labute approximate surface area is 157 Å². The molecule has 4 N–H and O–H groups in total. The number of nitrogens with one attached hydrogen (secondary N) is 3. The highest BCUT2D eigenvalue weighted by atomic mass is 32.1. The van der Waals surface area contributed by atoms with Gasteiger partial charge in [0.15, 0.2) is 0 Å². The zero-order valence-electron chi connectivity index (χ0n) is 14.7. The monoisotopic (exact) mass is 377 g/mol. The average Bonchev–Trinajstić information content (AvgIpc) is 3.01. The van der Waals surface area contributed by atoms with E-state index in [2.05, 4.69) is 28.2 Å². The molecule has 2 amide bonds. The minimum absolute atomic E-state index is 0.0474. The molecule has 2 rings (SSSR count). The van der Waals surface area contributed by atoms with Crippen molar-refractivity contribution in [2.45, 2.75) is 32.4 Å². The lowest BCUT2D eigenvalue weighted by Gasteiger charge is -2.23. The van der Waals surface area contributed by atoms with Gasteiger partial charge in [-0.1, -0.05) is 32.0 Å². The third-order valence-electron chi connectivity index (χ3n) is 4.12. The van der Waals surface area contributed by atoms with Crippen LogP contribution >= 0.6 is 12.6 Å². The number of amides is 2. The number of aromatic nitrogens is 1. The van der Waals surface area contributed by atoms with Crippen molar-refractivity contribution in [2.24, 2.45) is 5.92 Å². The number of H-pyrrole nitrogens is 1. The SMILES string of the molecule is CC(C)C(NC(=O)CS)C(=O)NC(Cc1c[nH]c2ccccc12)C(=O)O. The molecule has 1 heterocycles. The summed E-state index contributed by atoms with van der Waals surface area (Å²) in [5.41, 5.74) is 1.70. The number of rotatable bonds is 8. The number of carbonyl (C=O) groups is 3. The van der Waals surface area contributed by atoms with E-state index in [0.717, 1.165) is 16.5 Å². The van der Waals surface area contributed by atoms with Gasteiger partial charge in [-0.15, -0.1) is 0 Å². The largest absolute Gasteiger partial charge is 0.480 e. The van der Waals surface area contributed by atoms with Crippen molar-refractivity contribution in [3.8, 4) is 0 Å². The summed E-state index contributed by atoms with van der Waals surface area (Å²) in [6.45, 7) is 3.55. The Hall–Kier alpha value is -2.48. The second-order valence-electron chi connectivity index (χ2n) is 6.41. The molecule has 0 fully saturated rings. The van der Waals surface area contributed by atoms with E-state index in [1.54, 1.807) is 20.0 Å². The molecule has 0 bridgehead atoms. The maximum atomic E-state index is 12.5. The lowest BCUT2D eigenvalue weighted by molar-refractivity contribution is -0.142. The topological polar surface area (TPSA) is 111 Å². The number of aliphatic carboxylic acids is 1. The Bertz CT molecular complexity index is 803. The number of carbonyl (C=O) groups excluding carboxylic acids is 2. The summed E-state index contributed by atoms with van der Waals surface area (Å²) in [4.78, 5) is 38.8. The molecule has 0 aliphatic heterocycles. The van der Waals surface area contributed by atoms with Gasteiger partial charge in [0.2, 0.25) is 11.8 Å². The summed E-state index contributed by atoms with van der Waals surface area (Å²) in [5.74, 6) is -2.28. The highest BCUT2D eigenvalue weighted by molar-refractivity contribution is 7.81. The van der Waals surface area contributed by atoms with Crippen LogP contribution in [0.15, 0.2) is 30.5 Å². The summed E-state index contributed by atoms with van der Waals surface area (Å²) in [6.07, 6.45) is 1.88. The molecule has 0 aliphatic rings. The maximum Gasteiger partial charge on any atom is 0.326 e. The van der Waals surface area contributed by atoms with Crippen LogP contribution in [-0.4, -0.2) is 45.7 Å². The molecule has 0 saturated carbocycles. The van der Waals surface area contributed by atoms with Gasteiger partial charge >= 0.3 is 5.97 Å². The van der Waals surface area contributed by atoms with E-state index in [9.17, 15) is 19.5 Å². The van der Waals surface area contributed by atoms with E-state index in [1.807, 2.05) is 24.3 Å². The van der Waals surface area contributed by atoms with Crippen LogP contribution in [0.3, 0.4) is 0 Å². The van der Waals surface area contributed by atoms with Gasteiger partial charge in [0, 0.05) is 23.5 Å². The molecule has 7 nitrogen and oxygen atoms in total. The number of carboxylic acids is 1. The molecular formula is C18H23N3O4S. The van der Waals surface area contributed by atoms with E-state index in [1.165, 1.54) is 0 Å². The molecule has 8 heteroatoms. The lowest BCUT2D eigenvalue weighted by atomic mass is 10.0. The molecule has 2 unspecified atom stereocenters. The Balaban J connectivity index is 2.15. The van der Waals surface area contributed by atoms with E-state index >= 15 is 0 Å². The van der Waals surface area contributed by atoms with Crippen molar-refractivity contribution in [1.29, 1.82) is 0 Å². The minimum Gasteiger partial charge on any atom is -0.480 e. The fourth-order valence-corrected chi connectivity index (χ4v) is 2.83. The van der Waals surface area contributed by atoms with Crippen LogP contribution in [0.2, 0.25) is 0 Å². The number of aromatic amines is 1. The zero-order valence-corrected chi connectivity index (χ0v) is 15.5. The van der Waals surface area contributed by atoms with Crippen LogP contribution in [0.4, 0.5) is 0 Å². The molecule has 1 aromatic carbocycles. The molecule has 1 aromatic heterocycles. The fourth-order valence-electron chi connectivity index (χ4n) is 2.74. The predicted molar refractivity (Wildman–Crippen MR) is 102 cm³/mol. The quantitative estimate of drug-likeness (QED) is 0.447. The van der Waals surface area contributed by atoms with Gasteiger partial charge in [0.25, 0.3) is 0 Å². The van der Waals surface area contributed by atoms with E-state index in [0.29, 0.717) is 0 Å². The van der Waals surface area contributed by atoms with E-state index in [4.69, 9.17) is 0 Å². The van der Waals surface area contributed by atoms with Crippen LogP contribution in [0.1, 0.15) is 19.4 Å². The summed E-state index contributed by atoms with van der Waals surface area (Å²) >= 11 is 3.88. The molecule has 0 spiro atoms. The fraction of sp³-hybridized carbons (Fsp3) is 0.389. The van der Waals surface area contributed by atoms with Gasteiger partial charge in [-0.05, 0) is 17.5 Å². The first kappa shape index (κ1) is 19.8. The predicted octanol–water partition coefficient (Wildman–Crippen LogP) is 1.35. The van der Waals surface area contributed by atoms with Gasteiger partial charge in [-0.25, -0.2) is 4.79 Å². The lowest BCUT2D eigenvalue weighted by Crippen LogP contribution is -2.54. The first-order chi connectivity index (χ1) is 12.3. The standard InChI is InChI=1S/C18H23N3O4S/c1-10(2)16(21-15(22)9-26)17(23)20-14(18(24)25)7-11-8-19-13-6-4-3-5-12(11)13/h3-6,8,10,14,16,19,26H,7,9H2,1-2H3,(H,20,23)(H,21,22)(H,24,25). The van der Waals surface area contributed by atoms with Gasteiger partial charge < -0.3 is 20.7 Å². The molecule has 2 atom stereocenters. The first-order valence-corrected chi connectivity index (χ1v) is 8.95. The summed E-state index contributed by atoms with van der Waals surface area (Å²) in [6, 6.07) is 5.63. The van der Waals surface area contributed by atoms with Crippen molar-refractivity contribution >= 4 is 41.3 Å². The average molecular weight is 377 g/mol. The van der Waals surface area contributed by atoms with Crippen molar-refractivity contribution in [1.82, 2.24) is 15.6 Å². The van der Waals surface area contributed by atoms with Crippen LogP contribution in [0.5, 0.6) is 0 Å². The molecule has 2 aromatic rings. The third kappa shape index (κ3) is 4.78. The molecule has 140 valence electrons. The Kier molecular flexibility index (Phi) is 6.68.